The molecule has 8 heteroatoms. The van der Waals surface area contributed by atoms with Crippen LogP contribution in [0, 0.1) is 5.82 Å². The summed E-state index contributed by atoms with van der Waals surface area (Å²) in [6.07, 6.45) is 9.16. The number of rotatable bonds is 7. The largest absolute Gasteiger partial charge is 0.410 e. The fourth-order valence-corrected chi connectivity index (χ4v) is 2.56. The monoisotopic (exact) mass is 406 g/mol. The first-order valence-electron chi connectivity index (χ1n) is 8.99. The number of hydrogen-bond acceptors (Lipinski definition) is 4. The standard InChI is InChI=1S/C22H19FN4O3/c23-18-9-10-19(20(13-18)30-22(24)29)26-21(28)11-8-17-14-25-27(15-17)12-4-7-16-5-2-1-3-6-16/h1-11,13-15H,12H2,(H2,24,29)(H,26,28). The summed E-state index contributed by atoms with van der Waals surface area (Å²) < 4.78 is 19.8. The smallest absolute Gasteiger partial charge is 0.408 e. The number of hydrogen-bond donors (Lipinski definition) is 2. The molecule has 0 bridgehead atoms. The molecule has 0 unspecified atom stereocenters. The molecule has 2 amide bonds. The van der Waals surface area contributed by atoms with Crippen molar-refractivity contribution in [3.05, 3.63) is 90.0 Å². The molecule has 1 aromatic heterocycles. The van der Waals surface area contributed by atoms with Gasteiger partial charge in [-0.2, -0.15) is 5.10 Å². The summed E-state index contributed by atoms with van der Waals surface area (Å²) in [4.78, 5) is 23.1. The highest BCUT2D eigenvalue weighted by molar-refractivity contribution is 6.02. The Balaban J connectivity index is 1.58. The molecule has 1 heterocycles. The molecular weight excluding hydrogens is 387 g/mol. The van der Waals surface area contributed by atoms with Gasteiger partial charge >= 0.3 is 6.09 Å². The van der Waals surface area contributed by atoms with Crippen LogP contribution in [0.2, 0.25) is 0 Å². The summed E-state index contributed by atoms with van der Waals surface area (Å²) in [5, 5.41) is 6.74. The van der Waals surface area contributed by atoms with Crippen LogP contribution in [0.1, 0.15) is 11.1 Å². The van der Waals surface area contributed by atoms with Crippen molar-refractivity contribution in [1.29, 1.82) is 0 Å². The van der Waals surface area contributed by atoms with Gasteiger partial charge in [-0.1, -0.05) is 42.5 Å². The second-order valence-corrected chi connectivity index (χ2v) is 6.19. The second-order valence-electron chi connectivity index (χ2n) is 6.19. The quantitative estimate of drug-likeness (QED) is 0.582. The predicted molar refractivity (Wildman–Crippen MR) is 112 cm³/mol. The van der Waals surface area contributed by atoms with E-state index >= 15 is 0 Å². The number of carbonyl (C=O) groups excluding carboxylic acids is 2. The first-order valence-corrected chi connectivity index (χ1v) is 8.99. The maximum Gasteiger partial charge on any atom is 0.410 e. The van der Waals surface area contributed by atoms with Crippen molar-refractivity contribution in [2.75, 3.05) is 5.32 Å². The van der Waals surface area contributed by atoms with Crippen molar-refractivity contribution in [3.63, 3.8) is 0 Å². The third kappa shape index (κ3) is 6.16. The molecule has 7 nitrogen and oxygen atoms in total. The summed E-state index contributed by atoms with van der Waals surface area (Å²) >= 11 is 0. The van der Waals surface area contributed by atoms with Gasteiger partial charge in [0.05, 0.1) is 18.4 Å². The highest BCUT2D eigenvalue weighted by Crippen LogP contribution is 2.25. The van der Waals surface area contributed by atoms with Gasteiger partial charge in [-0.3, -0.25) is 9.48 Å². The molecule has 0 atom stereocenters. The lowest BCUT2D eigenvalue weighted by atomic mass is 10.2. The Kier molecular flexibility index (Phi) is 6.73. The van der Waals surface area contributed by atoms with Crippen LogP contribution in [0.4, 0.5) is 14.9 Å². The highest BCUT2D eigenvalue weighted by Gasteiger charge is 2.10. The summed E-state index contributed by atoms with van der Waals surface area (Å²) in [5.74, 6) is -1.30. The van der Waals surface area contributed by atoms with Gasteiger partial charge in [0, 0.05) is 23.9 Å². The fourth-order valence-electron chi connectivity index (χ4n) is 2.56. The molecule has 0 aliphatic heterocycles. The van der Waals surface area contributed by atoms with Gasteiger partial charge in [-0.05, 0) is 23.8 Å². The molecular formula is C22H19FN4O3. The van der Waals surface area contributed by atoms with Crippen molar-refractivity contribution in [2.24, 2.45) is 5.73 Å². The van der Waals surface area contributed by atoms with E-state index in [2.05, 4.69) is 10.4 Å². The van der Waals surface area contributed by atoms with Crippen molar-refractivity contribution in [3.8, 4) is 5.75 Å². The number of halogens is 1. The van der Waals surface area contributed by atoms with E-state index in [1.54, 1.807) is 23.2 Å². The Hall–Kier alpha value is -4.20. The molecule has 152 valence electrons. The lowest BCUT2D eigenvalue weighted by Crippen LogP contribution is -2.18. The molecule has 0 spiro atoms. The number of ether oxygens (including phenoxy) is 1. The van der Waals surface area contributed by atoms with E-state index in [4.69, 9.17) is 10.5 Å². The molecule has 3 rings (SSSR count). The molecule has 0 aliphatic carbocycles. The number of primary amides is 1. The van der Waals surface area contributed by atoms with Gasteiger partial charge in [-0.25, -0.2) is 9.18 Å². The molecule has 0 saturated carbocycles. The lowest BCUT2D eigenvalue weighted by molar-refractivity contribution is -0.111. The van der Waals surface area contributed by atoms with Crippen LogP contribution < -0.4 is 15.8 Å². The molecule has 30 heavy (non-hydrogen) atoms. The van der Waals surface area contributed by atoms with E-state index in [9.17, 15) is 14.0 Å². The minimum atomic E-state index is -1.11. The van der Waals surface area contributed by atoms with Gasteiger partial charge in [-0.15, -0.1) is 0 Å². The Bertz CT molecular complexity index is 1090. The summed E-state index contributed by atoms with van der Waals surface area (Å²) in [7, 11) is 0. The van der Waals surface area contributed by atoms with E-state index < -0.39 is 17.8 Å². The van der Waals surface area contributed by atoms with Crippen LogP contribution in [0.5, 0.6) is 5.75 Å². The Labute approximate surface area is 172 Å². The highest BCUT2D eigenvalue weighted by atomic mass is 19.1. The predicted octanol–water partition coefficient (Wildman–Crippen LogP) is 3.85. The van der Waals surface area contributed by atoms with Gasteiger partial charge in [0.1, 0.15) is 5.82 Å². The fraction of sp³-hybridized carbons (Fsp3) is 0.0455. The van der Waals surface area contributed by atoms with E-state index in [0.717, 1.165) is 23.3 Å². The number of nitrogens with one attached hydrogen (secondary N) is 1. The number of aromatic nitrogens is 2. The van der Waals surface area contributed by atoms with Crippen molar-refractivity contribution < 1.29 is 18.7 Å². The maximum absolute atomic E-state index is 13.3. The molecule has 3 aromatic rings. The average molecular weight is 406 g/mol. The molecule has 2 aromatic carbocycles. The van der Waals surface area contributed by atoms with Gasteiger partial charge in [0.15, 0.2) is 5.75 Å². The van der Waals surface area contributed by atoms with Crippen LogP contribution in [0.25, 0.3) is 12.2 Å². The number of benzene rings is 2. The number of nitrogens with zero attached hydrogens (tertiary/aromatic N) is 2. The summed E-state index contributed by atoms with van der Waals surface area (Å²) in [6.45, 7) is 0.582. The zero-order chi connectivity index (χ0) is 21.3. The van der Waals surface area contributed by atoms with Crippen LogP contribution in [-0.4, -0.2) is 21.8 Å². The first-order chi connectivity index (χ1) is 14.5. The average Bonchev–Trinajstić information content (AvgIpc) is 3.17. The third-order valence-electron chi connectivity index (χ3n) is 3.89. The third-order valence-corrected chi connectivity index (χ3v) is 3.89. The van der Waals surface area contributed by atoms with Gasteiger partial charge in [0.2, 0.25) is 5.91 Å². The number of anilines is 1. The van der Waals surface area contributed by atoms with E-state index in [1.165, 1.54) is 12.1 Å². The van der Waals surface area contributed by atoms with E-state index in [-0.39, 0.29) is 11.4 Å². The SMILES string of the molecule is NC(=O)Oc1cc(F)ccc1NC(=O)C=Cc1cnn(CC=Cc2ccccc2)c1. The Morgan fingerprint density at radius 1 is 1.13 bits per heavy atom. The molecule has 0 aliphatic rings. The van der Waals surface area contributed by atoms with Gasteiger partial charge in [0.25, 0.3) is 0 Å². The second kappa shape index (κ2) is 9.83. The zero-order valence-corrected chi connectivity index (χ0v) is 15.9. The van der Waals surface area contributed by atoms with Crippen molar-refractivity contribution in [2.45, 2.75) is 6.54 Å². The Morgan fingerprint density at radius 2 is 1.93 bits per heavy atom. The number of nitrogens with two attached hydrogens (primary N) is 1. The van der Waals surface area contributed by atoms with E-state index in [1.807, 2.05) is 42.5 Å². The summed E-state index contributed by atoms with van der Waals surface area (Å²) in [5.41, 5.74) is 6.90. The number of allylic oxidation sites excluding steroid dienone is 1. The van der Waals surface area contributed by atoms with Crippen LogP contribution in [0.3, 0.4) is 0 Å². The normalized spacial score (nSPS) is 11.1. The van der Waals surface area contributed by atoms with Crippen LogP contribution in [-0.2, 0) is 11.3 Å². The Morgan fingerprint density at radius 3 is 2.70 bits per heavy atom. The minimum Gasteiger partial charge on any atom is -0.408 e. The van der Waals surface area contributed by atoms with Crippen molar-refractivity contribution in [1.82, 2.24) is 9.78 Å². The molecule has 3 N–H and O–H groups in total. The zero-order valence-electron chi connectivity index (χ0n) is 15.9. The molecule has 0 saturated heterocycles. The number of carbonyl (C=O) groups is 2. The first kappa shape index (κ1) is 20.5. The van der Waals surface area contributed by atoms with E-state index in [0.29, 0.717) is 6.54 Å². The van der Waals surface area contributed by atoms with Crippen molar-refractivity contribution >= 4 is 29.8 Å². The number of amides is 2. The lowest BCUT2D eigenvalue weighted by Gasteiger charge is -2.08. The van der Waals surface area contributed by atoms with Crippen LogP contribution >= 0.6 is 0 Å². The molecule has 0 fully saturated rings. The molecule has 0 radical (unpaired) electrons. The topological polar surface area (TPSA) is 99.2 Å². The maximum atomic E-state index is 13.3. The minimum absolute atomic E-state index is 0.117. The summed E-state index contributed by atoms with van der Waals surface area (Å²) in [6, 6.07) is 13.3. The van der Waals surface area contributed by atoms with Crippen LogP contribution in [0.15, 0.2) is 73.1 Å². The van der Waals surface area contributed by atoms with Gasteiger partial charge < -0.3 is 15.8 Å².